The van der Waals surface area contributed by atoms with Gasteiger partial charge in [0.25, 0.3) is 0 Å². The van der Waals surface area contributed by atoms with Gasteiger partial charge < -0.3 is 8.96 Å². The zero-order valence-corrected chi connectivity index (χ0v) is 47.4. The molecule has 0 saturated heterocycles. The third-order valence-electron chi connectivity index (χ3n) is 15.5. The number of halogens is 4. The van der Waals surface area contributed by atoms with E-state index in [1.54, 1.807) is 36.7 Å². The Morgan fingerprint density at radius 1 is 0.417 bits per heavy atom. The van der Waals surface area contributed by atoms with E-state index in [1.807, 2.05) is 97.1 Å². The Kier molecular flexibility index (Phi) is 13.6. The first-order chi connectivity index (χ1) is 41.2. The molecule has 0 atom stereocenters. The van der Waals surface area contributed by atoms with Crippen LogP contribution in [0.5, 0.6) is 0 Å². The topological polar surface area (TPSA) is 89.6 Å². The first kappa shape index (κ1) is 52.3. The van der Waals surface area contributed by atoms with Gasteiger partial charge in [-0.3, -0.25) is 15.0 Å². The molecule has 0 amide bonds. The number of nitriles is 1. The smallest absolute Gasteiger partial charge is 0.328 e. The lowest BCUT2D eigenvalue weighted by Gasteiger charge is -2.24. The van der Waals surface area contributed by atoms with Crippen LogP contribution in [0.15, 0.2) is 243 Å². The van der Waals surface area contributed by atoms with Gasteiger partial charge in [-0.1, -0.05) is 262 Å². The Hall–Kier alpha value is -9.77. The predicted molar refractivity (Wildman–Crippen MR) is 348 cm³/mol. The van der Waals surface area contributed by atoms with Gasteiger partial charge in [0, 0.05) is 33.7 Å². The average molecular weight is 1160 g/mol. The molecule has 0 aliphatic heterocycles. The van der Waals surface area contributed by atoms with Crippen LogP contribution >= 0.6 is 46.4 Å². The van der Waals surface area contributed by atoms with Crippen LogP contribution < -0.4 is 32.5 Å². The molecule has 0 fully saturated rings. The van der Waals surface area contributed by atoms with Crippen molar-refractivity contribution in [2.24, 2.45) is 0 Å². The largest absolute Gasteiger partial charge is 0.384 e. The number of hydrogen-bond acceptors (Lipinski definition) is 5. The van der Waals surface area contributed by atoms with Crippen molar-refractivity contribution in [3.63, 3.8) is 0 Å². The Balaban J connectivity index is 1.34. The molecule has 0 N–H and O–H groups in total. The van der Waals surface area contributed by atoms with Gasteiger partial charge in [-0.25, -0.2) is 9.83 Å². The van der Waals surface area contributed by atoms with E-state index in [9.17, 15) is 11.8 Å². The van der Waals surface area contributed by atoms with Crippen molar-refractivity contribution in [2.75, 3.05) is 0 Å². The van der Waals surface area contributed by atoms with Gasteiger partial charge in [0.05, 0.1) is 66.0 Å². The molecular weight excluding hydrogens is 1120 g/mol. The maximum atomic E-state index is 12.4. The zero-order chi connectivity index (χ0) is 57.0. The molecule has 0 aliphatic carbocycles. The summed E-state index contributed by atoms with van der Waals surface area (Å²) in [6.07, 6.45) is 3.27. The maximum Gasteiger partial charge on any atom is 0.328 e. The van der Waals surface area contributed by atoms with Gasteiger partial charge in [0.2, 0.25) is 5.70 Å². The normalized spacial score (nSPS) is 12.2. The summed E-state index contributed by atoms with van der Waals surface area (Å²) in [5.41, 5.74) is 9.74. The Bertz CT molecular complexity index is 4780. The molecule has 394 valence electrons. The highest BCUT2D eigenvalue weighted by atomic mass is 35.5. The van der Waals surface area contributed by atoms with Crippen molar-refractivity contribution in [3.8, 4) is 28.6 Å². The van der Waals surface area contributed by atoms with Crippen LogP contribution in [0.1, 0.15) is 11.4 Å². The summed E-state index contributed by atoms with van der Waals surface area (Å²) in [7, 11) is 0. The Labute approximate surface area is 503 Å². The second-order valence-corrected chi connectivity index (χ2v) is 22.1. The first-order valence-electron chi connectivity index (χ1n) is 27.0. The van der Waals surface area contributed by atoms with Crippen LogP contribution in [0.25, 0.3) is 93.0 Å². The summed E-state index contributed by atoms with van der Waals surface area (Å²) < 4.78 is 4.60. The van der Waals surface area contributed by atoms with Gasteiger partial charge in [0.15, 0.2) is 0 Å². The molecule has 0 radical (unpaired) electrons. The van der Waals surface area contributed by atoms with E-state index in [0.29, 0.717) is 75.0 Å². The summed E-state index contributed by atoms with van der Waals surface area (Å²) >= 11 is 26.7. The number of fused-ring (bicyclic) bond motifs is 5. The standard InChI is InChI=1S/C70H40B2Cl4N8/c1-78-66(63-42-80-59-37-55(74)57(76)39-61(59)82-63)70-65-64(67(47-32-30-43-18-14-16-20-45(43)34-47)84(70)72(51-26-10-4-11-27-51)52-28-12-5-13-29-52)69(53(40-77)62-41-79-58-36-54(73)56(75)38-60(58)81-62)83(68(65)48-33-31-44-19-15-17-21-46(44)35-48)71(49-22-6-2-7-23-49)50-24-8-3-9-25-50/h2-39,41-42H/b69-53-,70-66+. The van der Waals surface area contributed by atoms with Crippen molar-refractivity contribution < 1.29 is 0 Å². The van der Waals surface area contributed by atoms with Crippen molar-refractivity contribution in [3.05, 3.63) is 297 Å². The van der Waals surface area contributed by atoms with Crippen LogP contribution in [0, 0.1) is 17.9 Å². The molecule has 0 aliphatic rings. The molecule has 14 heteroatoms. The highest BCUT2D eigenvalue weighted by Crippen LogP contribution is 2.39. The molecule has 4 heterocycles. The molecule has 8 nitrogen and oxygen atoms in total. The molecule has 14 aromatic rings. The third kappa shape index (κ3) is 9.14. The predicted octanol–water partition coefficient (Wildman–Crippen LogP) is 13.7. The SMILES string of the molecule is [C-]#[N+]/C(c1cnc2cc(Cl)c(Cl)cc2n1)=c1\c2c(-c3ccc4ccccc4c3)n(B(c3ccccc3)c3ccccc3)/c(=C(/C#N)c3cnc4cc(Cl)c(Cl)cc4n3)c2c(-c2ccc3ccccc3c2)n1B(c1ccccc1)c1ccccc1. The van der Waals surface area contributed by atoms with Gasteiger partial charge in [-0.15, -0.1) is 0 Å². The van der Waals surface area contributed by atoms with E-state index < -0.39 is 13.7 Å². The maximum absolute atomic E-state index is 12.4. The molecule has 10 aromatic carbocycles. The minimum Gasteiger partial charge on any atom is -0.384 e. The zero-order valence-electron chi connectivity index (χ0n) is 44.3. The van der Waals surface area contributed by atoms with E-state index in [-0.39, 0.29) is 11.3 Å². The van der Waals surface area contributed by atoms with E-state index >= 15 is 0 Å². The molecular formula is C70H40B2Cl4N8. The minimum atomic E-state index is -0.616. The summed E-state index contributed by atoms with van der Waals surface area (Å²) in [6.45, 7) is 8.45. The first-order valence-corrected chi connectivity index (χ1v) is 28.5. The van der Waals surface area contributed by atoms with Crippen molar-refractivity contribution >= 4 is 148 Å². The van der Waals surface area contributed by atoms with Gasteiger partial charge >= 0.3 is 13.7 Å². The van der Waals surface area contributed by atoms with E-state index in [1.165, 1.54) is 0 Å². The fourth-order valence-electron chi connectivity index (χ4n) is 11.9. The summed E-state index contributed by atoms with van der Waals surface area (Å²) in [6, 6.07) is 80.3. The van der Waals surface area contributed by atoms with E-state index in [2.05, 4.69) is 129 Å². The lowest BCUT2D eigenvalue weighted by atomic mass is 9.50. The number of aromatic nitrogens is 6. The second-order valence-electron chi connectivity index (χ2n) is 20.4. The molecule has 0 spiro atoms. The highest BCUT2D eigenvalue weighted by molar-refractivity contribution is 6.85. The van der Waals surface area contributed by atoms with E-state index in [0.717, 1.165) is 65.9 Å². The Morgan fingerprint density at radius 2 is 0.774 bits per heavy atom. The second kappa shape index (κ2) is 21.9. The molecule has 4 aromatic heterocycles. The number of nitrogens with zero attached hydrogens (tertiary/aromatic N) is 8. The minimum absolute atomic E-state index is 0.196. The van der Waals surface area contributed by atoms with Gasteiger partial charge in [-0.05, 0) is 69.1 Å². The van der Waals surface area contributed by atoms with Crippen molar-refractivity contribution in [2.45, 2.75) is 0 Å². The molecule has 0 saturated carbocycles. The van der Waals surface area contributed by atoms with Gasteiger partial charge in [0.1, 0.15) is 17.3 Å². The summed E-state index contributed by atoms with van der Waals surface area (Å²) in [5, 5.41) is 20.1. The summed E-state index contributed by atoms with van der Waals surface area (Å²) in [4.78, 5) is 25.1. The highest BCUT2D eigenvalue weighted by Gasteiger charge is 2.37. The lowest BCUT2D eigenvalue weighted by molar-refractivity contribution is 1.12. The third-order valence-corrected chi connectivity index (χ3v) is 17.0. The molecule has 14 rings (SSSR count). The summed E-state index contributed by atoms with van der Waals surface area (Å²) in [5.74, 6) is 0. The van der Waals surface area contributed by atoms with Crippen LogP contribution in [0.4, 0.5) is 0 Å². The van der Waals surface area contributed by atoms with Crippen LogP contribution in [0.2, 0.25) is 20.1 Å². The number of rotatable bonds is 10. The lowest BCUT2D eigenvalue weighted by Crippen LogP contribution is -2.54. The van der Waals surface area contributed by atoms with E-state index in [4.69, 9.17) is 66.3 Å². The molecule has 84 heavy (non-hydrogen) atoms. The van der Waals surface area contributed by atoms with Gasteiger partial charge in [-0.2, -0.15) is 5.26 Å². The van der Waals surface area contributed by atoms with Crippen LogP contribution in [0.3, 0.4) is 0 Å². The molecule has 0 bridgehead atoms. The monoisotopic (exact) mass is 1150 g/mol. The quantitative estimate of drug-likeness (QED) is 0.101. The van der Waals surface area contributed by atoms with Crippen molar-refractivity contribution in [1.82, 2.24) is 28.9 Å². The fraction of sp³-hybridized carbons (Fsp3) is 0. The van der Waals surface area contributed by atoms with Crippen LogP contribution in [-0.2, 0) is 0 Å². The van der Waals surface area contributed by atoms with Crippen LogP contribution in [-0.4, -0.2) is 42.6 Å². The molecule has 0 unspecified atom stereocenters. The Morgan fingerprint density at radius 3 is 1.19 bits per heavy atom. The number of hydrogen-bond donors (Lipinski definition) is 0. The fourth-order valence-corrected chi connectivity index (χ4v) is 12.5. The average Bonchev–Trinajstić information content (AvgIpc) is 1.86. The van der Waals surface area contributed by atoms with Crippen molar-refractivity contribution in [1.29, 1.82) is 5.26 Å². The number of benzene rings is 10.